The molecule has 1 aliphatic carbocycles. The van der Waals surface area contributed by atoms with Crippen molar-refractivity contribution in [3.63, 3.8) is 0 Å². The average Bonchev–Trinajstić information content (AvgIpc) is 3.34. The van der Waals surface area contributed by atoms with Crippen molar-refractivity contribution < 1.29 is 0 Å². The number of nitrogens with one attached hydrogen (secondary N) is 3. The van der Waals surface area contributed by atoms with Gasteiger partial charge in [-0.1, -0.05) is 18.2 Å². The molecule has 2 heterocycles. The van der Waals surface area contributed by atoms with Crippen molar-refractivity contribution in [2.24, 2.45) is 0 Å². The SMILES string of the molecule is C=CC/C=C\C(=C/C)Nc1nc(C)cc(Nc2cc(C3CC3)[nH]n2)n1. The van der Waals surface area contributed by atoms with Crippen LogP contribution in [0.5, 0.6) is 0 Å². The first-order valence-electron chi connectivity index (χ1n) is 8.56. The average molecular weight is 336 g/mol. The van der Waals surface area contributed by atoms with Gasteiger partial charge in [-0.25, -0.2) is 4.98 Å². The summed E-state index contributed by atoms with van der Waals surface area (Å²) < 4.78 is 0. The van der Waals surface area contributed by atoms with E-state index in [0.29, 0.717) is 11.9 Å². The van der Waals surface area contributed by atoms with E-state index in [0.717, 1.165) is 29.4 Å². The predicted octanol–water partition coefficient (Wildman–Crippen LogP) is 4.58. The molecule has 0 amide bonds. The Balaban J connectivity index is 1.71. The molecular weight excluding hydrogens is 312 g/mol. The summed E-state index contributed by atoms with van der Waals surface area (Å²) in [6.45, 7) is 7.63. The van der Waals surface area contributed by atoms with Gasteiger partial charge < -0.3 is 10.6 Å². The molecular formula is C19H24N6. The minimum atomic E-state index is 0.553. The molecule has 1 aliphatic rings. The van der Waals surface area contributed by atoms with Gasteiger partial charge in [-0.3, -0.25) is 5.10 Å². The number of rotatable bonds is 8. The molecule has 0 aliphatic heterocycles. The molecule has 6 nitrogen and oxygen atoms in total. The van der Waals surface area contributed by atoms with Gasteiger partial charge >= 0.3 is 0 Å². The summed E-state index contributed by atoms with van der Waals surface area (Å²) in [5.41, 5.74) is 3.01. The molecule has 0 aromatic carbocycles. The van der Waals surface area contributed by atoms with E-state index in [1.807, 2.05) is 44.2 Å². The topological polar surface area (TPSA) is 78.5 Å². The highest BCUT2D eigenvalue weighted by molar-refractivity contribution is 5.55. The van der Waals surface area contributed by atoms with E-state index >= 15 is 0 Å². The molecule has 2 aromatic rings. The highest BCUT2D eigenvalue weighted by Crippen LogP contribution is 2.39. The Morgan fingerprint density at radius 2 is 2.16 bits per heavy atom. The van der Waals surface area contributed by atoms with E-state index in [-0.39, 0.29) is 0 Å². The number of hydrogen-bond acceptors (Lipinski definition) is 5. The number of H-pyrrole nitrogens is 1. The Kier molecular flexibility index (Phi) is 5.28. The van der Waals surface area contributed by atoms with Gasteiger partial charge in [-0.05, 0) is 39.2 Å². The van der Waals surface area contributed by atoms with Crippen LogP contribution in [0.2, 0.25) is 0 Å². The molecule has 1 saturated carbocycles. The van der Waals surface area contributed by atoms with E-state index in [4.69, 9.17) is 0 Å². The van der Waals surface area contributed by atoms with Gasteiger partial charge in [0.05, 0.1) is 0 Å². The van der Waals surface area contributed by atoms with Gasteiger partial charge in [0.1, 0.15) is 5.82 Å². The minimum Gasteiger partial charge on any atom is -0.324 e. The number of hydrogen-bond donors (Lipinski definition) is 3. The van der Waals surface area contributed by atoms with Crippen LogP contribution in [0.25, 0.3) is 0 Å². The summed E-state index contributed by atoms with van der Waals surface area (Å²) in [6.07, 6.45) is 11.2. The van der Waals surface area contributed by atoms with E-state index < -0.39 is 0 Å². The zero-order chi connectivity index (χ0) is 17.6. The fraction of sp³-hybridized carbons (Fsp3) is 0.316. The second-order valence-electron chi connectivity index (χ2n) is 6.12. The monoisotopic (exact) mass is 336 g/mol. The standard InChI is InChI=1S/C19H24N6/c1-4-6-7-8-15(5-2)21-19-20-13(3)11-17(23-19)22-18-12-16(24-25-18)14-9-10-14/h4-5,7-8,11-12,14H,1,6,9-10H2,2-3H3,(H3,20,21,22,23,24,25)/b8-7-,15-5+. The Morgan fingerprint density at radius 1 is 1.32 bits per heavy atom. The summed E-state index contributed by atoms with van der Waals surface area (Å²) in [5.74, 6) is 2.70. The van der Waals surface area contributed by atoms with Crippen LogP contribution >= 0.6 is 0 Å². The second kappa shape index (κ2) is 7.79. The maximum atomic E-state index is 4.53. The zero-order valence-corrected chi connectivity index (χ0v) is 14.7. The summed E-state index contributed by atoms with van der Waals surface area (Å²) in [7, 11) is 0. The maximum absolute atomic E-state index is 4.53. The Labute approximate surface area is 148 Å². The molecule has 130 valence electrons. The van der Waals surface area contributed by atoms with Crippen LogP contribution in [0, 0.1) is 6.92 Å². The number of aromatic nitrogens is 4. The lowest BCUT2D eigenvalue weighted by Gasteiger charge is -2.09. The van der Waals surface area contributed by atoms with E-state index in [1.54, 1.807) is 0 Å². The maximum Gasteiger partial charge on any atom is 0.229 e. The minimum absolute atomic E-state index is 0.553. The summed E-state index contributed by atoms with van der Waals surface area (Å²) >= 11 is 0. The molecule has 25 heavy (non-hydrogen) atoms. The fourth-order valence-corrected chi connectivity index (χ4v) is 2.45. The Morgan fingerprint density at radius 3 is 2.88 bits per heavy atom. The second-order valence-corrected chi connectivity index (χ2v) is 6.12. The van der Waals surface area contributed by atoms with Crippen molar-refractivity contribution in [2.75, 3.05) is 10.6 Å². The van der Waals surface area contributed by atoms with Crippen molar-refractivity contribution in [3.05, 3.63) is 60.1 Å². The van der Waals surface area contributed by atoms with Crippen LogP contribution in [0.3, 0.4) is 0 Å². The van der Waals surface area contributed by atoms with Gasteiger partial charge in [0.15, 0.2) is 5.82 Å². The normalized spacial score (nSPS) is 14.7. The number of nitrogens with zero attached hydrogens (tertiary/aromatic N) is 3. The molecule has 2 aromatic heterocycles. The molecule has 3 rings (SSSR count). The van der Waals surface area contributed by atoms with Crippen LogP contribution in [0.4, 0.5) is 17.6 Å². The molecule has 0 saturated heterocycles. The molecule has 0 bridgehead atoms. The zero-order valence-electron chi connectivity index (χ0n) is 14.7. The number of aryl methyl sites for hydroxylation is 1. The number of aromatic amines is 1. The molecule has 1 fully saturated rings. The van der Waals surface area contributed by atoms with Gasteiger partial charge in [-0.15, -0.1) is 6.58 Å². The van der Waals surface area contributed by atoms with Crippen molar-refractivity contribution in [3.8, 4) is 0 Å². The van der Waals surface area contributed by atoms with Gasteiger partial charge in [0, 0.05) is 35.1 Å². The highest BCUT2D eigenvalue weighted by Gasteiger charge is 2.25. The van der Waals surface area contributed by atoms with Crippen molar-refractivity contribution in [2.45, 2.75) is 39.0 Å². The van der Waals surface area contributed by atoms with E-state index in [1.165, 1.54) is 18.5 Å². The summed E-state index contributed by atoms with van der Waals surface area (Å²) in [6, 6.07) is 3.96. The Hall–Kier alpha value is -2.89. The molecule has 0 atom stereocenters. The lowest BCUT2D eigenvalue weighted by atomic mass is 10.3. The lowest BCUT2D eigenvalue weighted by molar-refractivity contribution is 0.966. The first kappa shape index (κ1) is 17.0. The van der Waals surface area contributed by atoms with E-state index in [2.05, 4.69) is 43.4 Å². The molecule has 0 radical (unpaired) electrons. The van der Waals surface area contributed by atoms with Crippen LogP contribution in [0.15, 0.2) is 48.7 Å². The van der Waals surface area contributed by atoms with Crippen LogP contribution in [0.1, 0.15) is 43.5 Å². The highest BCUT2D eigenvalue weighted by atomic mass is 15.2. The lowest BCUT2D eigenvalue weighted by Crippen LogP contribution is -2.05. The largest absolute Gasteiger partial charge is 0.324 e. The molecule has 0 unspecified atom stereocenters. The first-order valence-corrected chi connectivity index (χ1v) is 8.56. The van der Waals surface area contributed by atoms with Gasteiger partial charge in [0.2, 0.25) is 5.95 Å². The van der Waals surface area contributed by atoms with Gasteiger partial charge in [0.25, 0.3) is 0 Å². The van der Waals surface area contributed by atoms with E-state index in [9.17, 15) is 0 Å². The number of allylic oxidation sites excluding steroid dienone is 4. The summed E-state index contributed by atoms with van der Waals surface area (Å²) in [4.78, 5) is 8.98. The summed E-state index contributed by atoms with van der Waals surface area (Å²) in [5, 5.41) is 13.9. The van der Waals surface area contributed by atoms with Crippen molar-refractivity contribution in [1.29, 1.82) is 0 Å². The Bertz CT molecular complexity index is 798. The number of anilines is 3. The van der Waals surface area contributed by atoms with Crippen molar-refractivity contribution >= 4 is 17.6 Å². The predicted molar refractivity (Wildman–Crippen MR) is 102 cm³/mol. The molecule has 0 spiro atoms. The van der Waals surface area contributed by atoms with Crippen molar-refractivity contribution in [1.82, 2.24) is 20.2 Å². The van der Waals surface area contributed by atoms with Crippen LogP contribution in [-0.2, 0) is 0 Å². The third-order valence-electron chi connectivity index (χ3n) is 3.89. The smallest absolute Gasteiger partial charge is 0.229 e. The third kappa shape index (κ3) is 4.79. The third-order valence-corrected chi connectivity index (χ3v) is 3.89. The molecule has 6 heteroatoms. The fourth-order valence-electron chi connectivity index (χ4n) is 2.45. The molecule has 3 N–H and O–H groups in total. The quantitative estimate of drug-likeness (QED) is 0.486. The van der Waals surface area contributed by atoms with Crippen LogP contribution in [-0.4, -0.2) is 20.2 Å². The van der Waals surface area contributed by atoms with Crippen LogP contribution < -0.4 is 10.6 Å². The van der Waals surface area contributed by atoms with Gasteiger partial charge in [-0.2, -0.15) is 10.1 Å². The first-order chi connectivity index (χ1) is 12.2.